The number of benzene rings is 1. The summed E-state index contributed by atoms with van der Waals surface area (Å²) in [5.74, 6) is 0.511. The summed E-state index contributed by atoms with van der Waals surface area (Å²) in [4.78, 5) is 11.8. The SMILES string of the molecule is CCc1cccc(OC2CCCC(N)(C(=O)OC)C2)c1. The molecule has 1 aliphatic rings. The molecule has 2 atom stereocenters. The van der Waals surface area contributed by atoms with E-state index >= 15 is 0 Å². The maximum atomic E-state index is 11.8. The van der Waals surface area contributed by atoms with Gasteiger partial charge in [0.25, 0.3) is 0 Å². The van der Waals surface area contributed by atoms with Crippen molar-refractivity contribution >= 4 is 5.97 Å². The first-order valence-corrected chi connectivity index (χ1v) is 7.20. The smallest absolute Gasteiger partial charge is 0.325 e. The molecule has 0 bridgehead atoms. The Balaban J connectivity index is 2.04. The predicted molar refractivity (Wildman–Crippen MR) is 77.6 cm³/mol. The number of esters is 1. The highest BCUT2D eigenvalue weighted by Crippen LogP contribution is 2.30. The third-order valence-electron chi connectivity index (χ3n) is 3.94. The Morgan fingerprint density at radius 1 is 1.50 bits per heavy atom. The van der Waals surface area contributed by atoms with Crippen molar-refractivity contribution in [3.63, 3.8) is 0 Å². The largest absolute Gasteiger partial charge is 0.490 e. The third kappa shape index (κ3) is 3.31. The van der Waals surface area contributed by atoms with Crippen LogP contribution in [0.1, 0.15) is 38.2 Å². The van der Waals surface area contributed by atoms with Crippen molar-refractivity contribution < 1.29 is 14.3 Å². The maximum Gasteiger partial charge on any atom is 0.325 e. The van der Waals surface area contributed by atoms with Gasteiger partial charge in [0.1, 0.15) is 17.4 Å². The monoisotopic (exact) mass is 277 g/mol. The van der Waals surface area contributed by atoms with Gasteiger partial charge in [0.2, 0.25) is 0 Å². The molecule has 4 nitrogen and oxygen atoms in total. The van der Waals surface area contributed by atoms with E-state index in [2.05, 4.69) is 13.0 Å². The van der Waals surface area contributed by atoms with Gasteiger partial charge in [-0.3, -0.25) is 4.79 Å². The van der Waals surface area contributed by atoms with Gasteiger partial charge in [-0.05, 0) is 43.4 Å². The topological polar surface area (TPSA) is 61.5 Å². The van der Waals surface area contributed by atoms with E-state index in [1.54, 1.807) is 0 Å². The van der Waals surface area contributed by atoms with Gasteiger partial charge in [-0.1, -0.05) is 19.1 Å². The summed E-state index contributed by atoms with van der Waals surface area (Å²) in [6.45, 7) is 2.11. The molecule has 0 amide bonds. The van der Waals surface area contributed by atoms with Gasteiger partial charge in [0.05, 0.1) is 7.11 Å². The lowest BCUT2D eigenvalue weighted by Gasteiger charge is -2.35. The van der Waals surface area contributed by atoms with E-state index in [4.69, 9.17) is 15.2 Å². The lowest BCUT2D eigenvalue weighted by molar-refractivity contribution is -0.149. The van der Waals surface area contributed by atoms with Gasteiger partial charge in [0, 0.05) is 6.42 Å². The molecule has 2 unspecified atom stereocenters. The summed E-state index contributed by atoms with van der Waals surface area (Å²) in [7, 11) is 1.38. The first-order chi connectivity index (χ1) is 9.57. The van der Waals surface area contributed by atoms with Crippen molar-refractivity contribution in [2.45, 2.75) is 50.7 Å². The quantitative estimate of drug-likeness (QED) is 0.859. The number of nitrogens with two attached hydrogens (primary N) is 1. The van der Waals surface area contributed by atoms with Crippen molar-refractivity contribution in [3.8, 4) is 5.75 Å². The molecule has 1 aromatic rings. The van der Waals surface area contributed by atoms with Crippen molar-refractivity contribution in [3.05, 3.63) is 29.8 Å². The summed E-state index contributed by atoms with van der Waals surface area (Å²) in [5.41, 5.74) is 6.50. The van der Waals surface area contributed by atoms with Gasteiger partial charge in [-0.2, -0.15) is 0 Å². The van der Waals surface area contributed by atoms with Crippen LogP contribution < -0.4 is 10.5 Å². The number of hydrogen-bond donors (Lipinski definition) is 1. The van der Waals surface area contributed by atoms with Crippen LogP contribution in [0.4, 0.5) is 0 Å². The number of hydrogen-bond acceptors (Lipinski definition) is 4. The van der Waals surface area contributed by atoms with Crippen LogP contribution in [0, 0.1) is 0 Å². The normalized spacial score (nSPS) is 26.1. The van der Waals surface area contributed by atoms with Crippen molar-refractivity contribution in [1.29, 1.82) is 0 Å². The van der Waals surface area contributed by atoms with Crippen LogP contribution >= 0.6 is 0 Å². The molecule has 0 spiro atoms. The second-order valence-corrected chi connectivity index (χ2v) is 5.48. The van der Waals surface area contributed by atoms with E-state index in [-0.39, 0.29) is 12.1 Å². The molecule has 1 aliphatic carbocycles. The number of carbonyl (C=O) groups excluding carboxylic acids is 1. The molecule has 4 heteroatoms. The summed E-state index contributed by atoms with van der Waals surface area (Å²) >= 11 is 0. The highest BCUT2D eigenvalue weighted by molar-refractivity contribution is 5.80. The Morgan fingerprint density at radius 3 is 3.00 bits per heavy atom. The molecule has 0 heterocycles. The Labute approximate surface area is 120 Å². The summed E-state index contributed by atoms with van der Waals surface area (Å²) in [5, 5.41) is 0. The molecule has 1 aromatic carbocycles. The first-order valence-electron chi connectivity index (χ1n) is 7.20. The lowest BCUT2D eigenvalue weighted by Crippen LogP contribution is -2.54. The highest BCUT2D eigenvalue weighted by Gasteiger charge is 2.41. The highest BCUT2D eigenvalue weighted by atomic mass is 16.5. The summed E-state index contributed by atoms with van der Waals surface area (Å²) < 4.78 is 10.8. The molecular formula is C16H23NO3. The number of methoxy groups -OCH3 is 1. The van der Waals surface area contributed by atoms with Crippen molar-refractivity contribution in [2.75, 3.05) is 7.11 Å². The van der Waals surface area contributed by atoms with Crippen LogP contribution in [0.3, 0.4) is 0 Å². The molecule has 110 valence electrons. The predicted octanol–water partition coefficient (Wildman–Crippen LogP) is 2.44. The van der Waals surface area contributed by atoms with Gasteiger partial charge in [0.15, 0.2) is 0 Å². The number of carbonyl (C=O) groups is 1. The van der Waals surface area contributed by atoms with E-state index in [0.29, 0.717) is 12.8 Å². The van der Waals surface area contributed by atoms with E-state index in [1.807, 2.05) is 18.2 Å². The second-order valence-electron chi connectivity index (χ2n) is 5.48. The zero-order chi connectivity index (χ0) is 14.6. The molecule has 20 heavy (non-hydrogen) atoms. The average Bonchev–Trinajstić information content (AvgIpc) is 2.46. The third-order valence-corrected chi connectivity index (χ3v) is 3.94. The van der Waals surface area contributed by atoms with E-state index < -0.39 is 5.54 Å². The van der Waals surface area contributed by atoms with E-state index in [0.717, 1.165) is 25.0 Å². The fourth-order valence-corrected chi connectivity index (χ4v) is 2.78. The number of aryl methyl sites for hydroxylation is 1. The molecule has 0 aliphatic heterocycles. The van der Waals surface area contributed by atoms with Crippen molar-refractivity contribution in [2.24, 2.45) is 5.73 Å². The molecule has 2 N–H and O–H groups in total. The fraction of sp³-hybridized carbons (Fsp3) is 0.562. The van der Waals surface area contributed by atoms with Gasteiger partial charge >= 0.3 is 5.97 Å². The Kier molecular flexibility index (Phi) is 4.65. The second kappa shape index (κ2) is 6.27. The fourth-order valence-electron chi connectivity index (χ4n) is 2.78. The Bertz CT molecular complexity index is 475. The van der Waals surface area contributed by atoms with Crippen LogP contribution in [0.25, 0.3) is 0 Å². The van der Waals surface area contributed by atoms with E-state index in [1.165, 1.54) is 12.7 Å². The standard InChI is InChI=1S/C16H23NO3/c1-3-12-6-4-7-13(10-12)20-14-8-5-9-16(17,11-14)15(18)19-2/h4,6-7,10,14H,3,5,8-9,11,17H2,1-2H3. The molecule has 0 saturated heterocycles. The van der Waals surface area contributed by atoms with Gasteiger partial charge in [-0.15, -0.1) is 0 Å². The molecule has 2 rings (SSSR count). The van der Waals surface area contributed by atoms with Crippen LogP contribution in [-0.2, 0) is 16.0 Å². The zero-order valence-corrected chi connectivity index (χ0v) is 12.2. The number of rotatable bonds is 4. The summed E-state index contributed by atoms with van der Waals surface area (Å²) in [6.07, 6.45) is 3.92. The molecule has 0 aromatic heterocycles. The minimum absolute atomic E-state index is 0.0278. The number of ether oxygens (including phenoxy) is 2. The van der Waals surface area contributed by atoms with Crippen molar-refractivity contribution in [1.82, 2.24) is 0 Å². The summed E-state index contributed by atoms with van der Waals surface area (Å²) in [6, 6.07) is 8.07. The Hall–Kier alpha value is -1.55. The Morgan fingerprint density at radius 2 is 2.30 bits per heavy atom. The van der Waals surface area contributed by atoms with Crippen LogP contribution in [0.2, 0.25) is 0 Å². The van der Waals surface area contributed by atoms with Gasteiger partial charge in [-0.25, -0.2) is 0 Å². The first kappa shape index (κ1) is 14.9. The van der Waals surface area contributed by atoms with Crippen LogP contribution in [-0.4, -0.2) is 24.7 Å². The molecular weight excluding hydrogens is 254 g/mol. The van der Waals surface area contributed by atoms with Gasteiger partial charge < -0.3 is 15.2 Å². The van der Waals surface area contributed by atoms with Crippen LogP contribution in [0.5, 0.6) is 5.75 Å². The minimum Gasteiger partial charge on any atom is -0.490 e. The minimum atomic E-state index is -0.903. The lowest BCUT2D eigenvalue weighted by atomic mass is 9.81. The van der Waals surface area contributed by atoms with E-state index in [9.17, 15) is 4.79 Å². The zero-order valence-electron chi connectivity index (χ0n) is 12.2. The average molecular weight is 277 g/mol. The molecule has 1 fully saturated rings. The molecule has 0 radical (unpaired) electrons. The van der Waals surface area contributed by atoms with Crippen LogP contribution in [0.15, 0.2) is 24.3 Å². The molecule has 1 saturated carbocycles. The maximum absolute atomic E-state index is 11.8.